The Morgan fingerprint density at radius 3 is 3.15 bits per heavy atom. The number of benzene rings is 1. The normalized spacial score (nSPS) is 23.6. The van der Waals surface area contributed by atoms with Gasteiger partial charge in [0.15, 0.2) is 0 Å². The smallest absolute Gasteiger partial charge is 0.134 e. The Kier molecular flexibility index (Phi) is 2.62. The van der Waals surface area contributed by atoms with E-state index in [0.717, 1.165) is 37.5 Å². The van der Waals surface area contributed by atoms with Gasteiger partial charge >= 0.3 is 0 Å². The minimum atomic E-state index is 0.412. The maximum absolute atomic E-state index is 4.89. The predicted molar refractivity (Wildman–Crippen MR) is 83.2 cm³/mol. The second-order valence-corrected chi connectivity index (χ2v) is 5.46. The summed E-state index contributed by atoms with van der Waals surface area (Å²) in [4.78, 5) is 11.8. The van der Waals surface area contributed by atoms with Gasteiger partial charge in [-0.05, 0) is 18.9 Å². The van der Waals surface area contributed by atoms with Crippen LogP contribution in [0.3, 0.4) is 0 Å². The molecule has 1 N–H and O–H groups in total. The number of nitrogens with zero attached hydrogens (tertiary/aromatic N) is 3. The lowest BCUT2D eigenvalue weighted by molar-refractivity contribution is 0.568. The zero-order chi connectivity index (χ0) is 13.5. The van der Waals surface area contributed by atoms with Crippen molar-refractivity contribution in [3.8, 4) is 0 Å². The Hall–Kier alpha value is -2.10. The minimum absolute atomic E-state index is 0.412. The molecule has 1 aromatic carbocycles. The largest absolute Gasteiger partial charge is 0.384 e. The third-order valence-electron chi connectivity index (χ3n) is 4.21. The molecule has 102 valence electrons. The monoisotopic (exact) mass is 266 g/mol. The third kappa shape index (κ3) is 1.68. The van der Waals surface area contributed by atoms with Crippen LogP contribution in [0.4, 0.5) is 5.69 Å². The van der Waals surface area contributed by atoms with Crippen molar-refractivity contribution in [3.63, 3.8) is 0 Å². The van der Waals surface area contributed by atoms with E-state index in [-0.39, 0.29) is 0 Å². The van der Waals surface area contributed by atoms with Gasteiger partial charge < -0.3 is 10.2 Å². The summed E-state index contributed by atoms with van der Waals surface area (Å²) in [6.45, 7) is 4.11. The van der Waals surface area contributed by atoms with Crippen LogP contribution in [0.2, 0.25) is 0 Å². The summed E-state index contributed by atoms with van der Waals surface area (Å²) in [6, 6.07) is 8.82. The number of nitrogens with one attached hydrogen (secondary N) is 1. The van der Waals surface area contributed by atoms with Crippen LogP contribution in [0.1, 0.15) is 25.3 Å². The van der Waals surface area contributed by atoms with Crippen LogP contribution in [-0.4, -0.2) is 36.2 Å². The van der Waals surface area contributed by atoms with Crippen molar-refractivity contribution in [2.45, 2.75) is 25.8 Å². The number of amidine groups is 1. The van der Waals surface area contributed by atoms with Crippen molar-refractivity contribution < 1.29 is 0 Å². The van der Waals surface area contributed by atoms with E-state index >= 15 is 0 Å². The van der Waals surface area contributed by atoms with Gasteiger partial charge in [-0.15, -0.1) is 0 Å². The molecule has 3 aliphatic rings. The Labute approximate surface area is 118 Å². The van der Waals surface area contributed by atoms with Gasteiger partial charge in [0.25, 0.3) is 0 Å². The van der Waals surface area contributed by atoms with Gasteiger partial charge in [0, 0.05) is 29.9 Å². The quantitative estimate of drug-likeness (QED) is 0.849. The number of para-hydroxylation sites is 1. The lowest BCUT2D eigenvalue weighted by Gasteiger charge is -2.23. The molecule has 0 amide bonds. The van der Waals surface area contributed by atoms with Gasteiger partial charge in [0.05, 0.1) is 18.1 Å². The summed E-state index contributed by atoms with van der Waals surface area (Å²) < 4.78 is 0. The highest BCUT2D eigenvalue weighted by Gasteiger charge is 2.31. The molecule has 1 atom stereocenters. The van der Waals surface area contributed by atoms with E-state index < -0.39 is 0 Å². The molecule has 4 rings (SSSR count). The van der Waals surface area contributed by atoms with E-state index in [1.165, 1.54) is 16.8 Å². The first-order chi connectivity index (χ1) is 9.86. The van der Waals surface area contributed by atoms with Crippen molar-refractivity contribution in [1.82, 2.24) is 4.90 Å². The molecule has 4 nitrogen and oxygen atoms in total. The zero-order valence-electron chi connectivity index (χ0n) is 11.6. The summed E-state index contributed by atoms with van der Waals surface area (Å²) in [5.41, 5.74) is 4.76. The van der Waals surface area contributed by atoms with E-state index in [1.54, 1.807) is 0 Å². The van der Waals surface area contributed by atoms with Gasteiger partial charge in [0.1, 0.15) is 5.84 Å². The third-order valence-corrected chi connectivity index (χ3v) is 4.21. The lowest BCUT2D eigenvalue weighted by Crippen LogP contribution is -2.32. The fourth-order valence-corrected chi connectivity index (χ4v) is 3.11. The Morgan fingerprint density at radius 2 is 2.25 bits per heavy atom. The van der Waals surface area contributed by atoms with Gasteiger partial charge in [-0.2, -0.15) is 0 Å². The number of hydrogen-bond donors (Lipinski definition) is 1. The molecule has 0 bridgehead atoms. The molecule has 1 unspecified atom stereocenters. The summed E-state index contributed by atoms with van der Waals surface area (Å²) in [5, 5.41) is 3.50. The molecule has 0 radical (unpaired) electrons. The fraction of sp³-hybridized carbons (Fsp3) is 0.375. The van der Waals surface area contributed by atoms with Gasteiger partial charge in [-0.25, -0.2) is 4.99 Å². The van der Waals surface area contributed by atoms with Crippen LogP contribution < -0.4 is 5.32 Å². The maximum Gasteiger partial charge on any atom is 0.134 e. The van der Waals surface area contributed by atoms with Crippen molar-refractivity contribution in [2.75, 3.05) is 18.4 Å². The first-order valence-electron chi connectivity index (χ1n) is 7.32. The van der Waals surface area contributed by atoms with Crippen molar-refractivity contribution >= 4 is 23.6 Å². The van der Waals surface area contributed by atoms with E-state index in [2.05, 4.69) is 41.4 Å². The molecular weight excluding hydrogens is 248 g/mol. The molecule has 0 saturated heterocycles. The van der Waals surface area contributed by atoms with Crippen LogP contribution in [0, 0.1) is 0 Å². The predicted octanol–water partition coefficient (Wildman–Crippen LogP) is 2.75. The molecule has 3 aliphatic heterocycles. The van der Waals surface area contributed by atoms with Crippen molar-refractivity contribution in [1.29, 1.82) is 0 Å². The van der Waals surface area contributed by atoms with Gasteiger partial charge in [-0.3, -0.25) is 4.99 Å². The van der Waals surface area contributed by atoms with E-state index in [4.69, 9.17) is 9.98 Å². The highest BCUT2D eigenvalue weighted by atomic mass is 15.3. The molecule has 0 aromatic heterocycles. The minimum Gasteiger partial charge on any atom is -0.384 e. The summed E-state index contributed by atoms with van der Waals surface area (Å²) in [7, 11) is 0. The number of fused-ring (bicyclic) bond motifs is 4. The Balaban J connectivity index is 1.86. The van der Waals surface area contributed by atoms with Crippen molar-refractivity contribution in [2.24, 2.45) is 9.98 Å². The molecule has 0 fully saturated rings. The zero-order valence-corrected chi connectivity index (χ0v) is 11.6. The molecule has 3 heterocycles. The van der Waals surface area contributed by atoms with Gasteiger partial charge in [0.2, 0.25) is 0 Å². The van der Waals surface area contributed by atoms with Gasteiger partial charge in [-0.1, -0.05) is 25.1 Å². The van der Waals surface area contributed by atoms with Crippen LogP contribution in [0.5, 0.6) is 0 Å². The lowest BCUT2D eigenvalue weighted by atomic mass is 10.0. The first kappa shape index (κ1) is 11.7. The van der Waals surface area contributed by atoms with E-state index in [1.807, 2.05) is 6.34 Å². The second kappa shape index (κ2) is 4.47. The first-order valence-corrected chi connectivity index (χ1v) is 7.32. The van der Waals surface area contributed by atoms with Crippen molar-refractivity contribution in [3.05, 3.63) is 35.4 Å². The Bertz CT molecular complexity index is 642. The number of rotatable bonds is 1. The molecule has 0 saturated carbocycles. The summed E-state index contributed by atoms with van der Waals surface area (Å²) in [5.74, 6) is 1.14. The number of hydrogen-bond acceptors (Lipinski definition) is 4. The van der Waals surface area contributed by atoms with Crippen LogP contribution in [0.15, 0.2) is 39.8 Å². The standard InChI is InChI=1S/C16H18N4/c1-2-11-9-20-10-18-15-12-5-3-4-6-14(12)17-8-7-13(15)16(20)19-11/h3-6,10-11,17H,2,7-9H2,1H3. The summed E-state index contributed by atoms with van der Waals surface area (Å²) >= 11 is 0. The topological polar surface area (TPSA) is 40.0 Å². The summed E-state index contributed by atoms with van der Waals surface area (Å²) in [6.07, 6.45) is 4.02. The average Bonchev–Trinajstić information content (AvgIpc) is 2.82. The Morgan fingerprint density at radius 1 is 1.35 bits per heavy atom. The highest BCUT2D eigenvalue weighted by Crippen LogP contribution is 2.35. The number of anilines is 1. The highest BCUT2D eigenvalue weighted by molar-refractivity contribution is 6.14. The maximum atomic E-state index is 4.89. The molecule has 0 aliphatic carbocycles. The molecular formula is C16H18N4. The van der Waals surface area contributed by atoms with E-state index in [9.17, 15) is 0 Å². The molecule has 0 spiro atoms. The molecule has 20 heavy (non-hydrogen) atoms. The fourth-order valence-electron chi connectivity index (χ4n) is 3.11. The average molecular weight is 266 g/mol. The second-order valence-electron chi connectivity index (χ2n) is 5.46. The molecule has 1 aromatic rings. The van der Waals surface area contributed by atoms with Crippen LogP contribution in [-0.2, 0) is 0 Å². The molecule has 4 heteroatoms. The number of aliphatic imine (C=N–C) groups is 2. The van der Waals surface area contributed by atoms with Crippen LogP contribution in [0.25, 0.3) is 5.70 Å². The SMILES string of the molecule is CCC1CN2C=NC3=C(CCNc4ccccc43)C2=N1. The van der Waals surface area contributed by atoms with Crippen LogP contribution >= 0.6 is 0 Å². The van der Waals surface area contributed by atoms with E-state index in [0.29, 0.717) is 6.04 Å².